The Balaban J connectivity index is 1.66. The molecule has 6 heteroatoms. The molecule has 0 saturated carbocycles. The van der Waals surface area contributed by atoms with Crippen LogP contribution >= 0.6 is 0 Å². The van der Waals surface area contributed by atoms with Crippen molar-refractivity contribution in [1.82, 2.24) is 10.2 Å². The van der Waals surface area contributed by atoms with Gasteiger partial charge < -0.3 is 5.32 Å². The summed E-state index contributed by atoms with van der Waals surface area (Å²) in [7, 11) is 0. The number of nitrogens with zero attached hydrogens (tertiary/aromatic N) is 2. The van der Waals surface area contributed by atoms with Gasteiger partial charge >= 0.3 is 0 Å². The van der Waals surface area contributed by atoms with Crippen LogP contribution in [-0.2, 0) is 6.42 Å². The summed E-state index contributed by atoms with van der Waals surface area (Å²) in [4.78, 5) is 12.7. The predicted molar refractivity (Wildman–Crippen MR) is 90.4 cm³/mol. The van der Waals surface area contributed by atoms with E-state index in [1.54, 1.807) is 24.3 Å². The minimum atomic E-state index is -0.389. The van der Waals surface area contributed by atoms with Crippen molar-refractivity contribution < 1.29 is 9.31 Å². The highest BCUT2D eigenvalue weighted by molar-refractivity contribution is 5.33. The molecule has 0 spiro atoms. The van der Waals surface area contributed by atoms with Crippen molar-refractivity contribution in [2.24, 2.45) is 0 Å². The molecule has 1 fully saturated rings. The average molecular weight is 329 g/mol. The van der Waals surface area contributed by atoms with Crippen LogP contribution in [0.3, 0.4) is 0 Å². The molecule has 0 radical (unpaired) electrons. The fraction of sp³-hybridized carbons (Fsp3) is 0.333. The topological polar surface area (TPSA) is 58.4 Å². The number of nitrogens with one attached hydrogen (secondary N) is 1. The van der Waals surface area contributed by atoms with E-state index in [1.807, 2.05) is 6.07 Å². The molecule has 1 heterocycles. The number of benzene rings is 2. The molecule has 0 aliphatic carbocycles. The Morgan fingerprint density at radius 1 is 1.25 bits per heavy atom. The second-order valence-corrected chi connectivity index (χ2v) is 5.98. The van der Waals surface area contributed by atoms with Crippen LogP contribution in [0, 0.1) is 15.9 Å². The number of piperazine rings is 1. The second kappa shape index (κ2) is 7.51. The Morgan fingerprint density at radius 2 is 2.04 bits per heavy atom. The molecule has 5 nitrogen and oxygen atoms in total. The number of non-ortho nitro benzene ring substituents is 1. The number of rotatable bonds is 5. The van der Waals surface area contributed by atoms with Gasteiger partial charge in [0.1, 0.15) is 5.82 Å². The van der Waals surface area contributed by atoms with Gasteiger partial charge in [-0.1, -0.05) is 24.3 Å². The fourth-order valence-electron chi connectivity index (χ4n) is 3.11. The van der Waals surface area contributed by atoms with E-state index in [4.69, 9.17) is 0 Å². The second-order valence-electron chi connectivity index (χ2n) is 5.98. The van der Waals surface area contributed by atoms with E-state index in [-0.39, 0.29) is 22.5 Å². The third-order valence-corrected chi connectivity index (χ3v) is 4.42. The predicted octanol–water partition coefficient (Wildman–Crippen LogP) is 2.92. The van der Waals surface area contributed by atoms with Gasteiger partial charge in [-0.25, -0.2) is 4.39 Å². The lowest BCUT2D eigenvalue weighted by Gasteiger charge is -2.36. The smallest absolute Gasteiger partial charge is 0.269 e. The minimum absolute atomic E-state index is 0.110. The zero-order valence-corrected chi connectivity index (χ0v) is 13.3. The summed E-state index contributed by atoms with van der Waals surface area (Å²) in [6.07, 6.45) is 0.809. The molecule has 1 N–H and O–H groups in total. The Kier molecular flexibility index (Phi) is 5.17. The van der Waals surface area contributed by atoms with Gasteiger partial charge in [0.05, 0.1) is 4.92 Å². The van der Waals surface area contributed by atoms with Crippen molar-refractivity contribution in [2.45, 2.75) is 12.5 Å². The first-order valence-electron chi connectivity index (χ1n) is 8.07. The van der Waals surface area contributed by atoms with Gasteiger partial charge in [-0.2, -0.15) is 0 Å². The third-order valence-electron chi connectivity index (χ3n) is 4.42. The molecule has 2 aromatic carbocycles. The number of hydrogen-bond donors (Lipinski definition) is 1. The molecule has 1 unspecified atom stereocenters. The Labute approximate surface area is 140 Å². The van der Waals surface area contributed by atoms with Gasteiger partial charge in [-0.15, -0.1) is 0 Å². The van der Waals surface area contributed by atoms with Crippen molar-refractivity contribution in [3.63, 3.8) is 0 Å². The highest BCUT2D eigenvalue weighted by atomic mass is 19.1. The summed E-state index contributed by atoms with van der Waals surface area (Å²) in [5.74, 6) is -0.214. The first-order valence-corrected chi connectivity index (χ1v) is 8.07. The first kappa shape index (κ1) is 16.5. The molecule has 0 bridgehead atoms. The van der Waals surface area contributed by atoms with E-state index in [0.717, 1.165) is 43.7 Å². The van der Waals surface area contributed by atoms with E-state index in [2.05, 4.69) is 10.2 Å². The van der Waals surface area contributed by atoms with Crippen LogP contribution in [0.5, 0.6) is 0 Å². The van der Waals surface area contributed by atoms with Crippen LogP contribution in [0.25, 0.3) is 0 Å². The molecule has 1 atom stereocenters. The van der Waals surface area contributed by atoms with E-state index in [9.17, 15) is 14.5 Å². The zero-order valence-electron chi connectivity index (χ0n) is 13.3. The number of nitro groups is 1. The van der Waals surface area contributed by atoms with Gasteiger partial charge in [-0.05, 0) is 29.7 Å². The number of nitro benzene ring substituents is 1. The zero-order chi connectivity index (χ0) is 16.9. The SMILES string of the molecule is O=[N+]([O-])c1ccc(CCN2CCNCC2c2cccc(F)c2)cc1. The summed E-state index contributed by atoms with van der Waals surface area (Å²) in [6.45, 7) is 3.44. The van der Waals surface area contributed by atoms with Gasteiger partial charge in [0, 0.05) is 44.4 Å². The van der Waals surface area contributed by atoms with Crippen molar-refractivity contribution in [2.75, 3.05) is 26.2 Å². The van der Waals surface area contributed by atoms with Crippen molar-refractivity contribution in [3.8, 4) is 0 Å². The van der Waals surface area contributed by atoms with Crippen LogP contribution in [0.4, 0.5) is 10.1 Å². The molecule has 1 aliphatic rings. The molecule has 1 saturated heterocycles. The third kappa shape index (κ3) is 3.96. The number of halogens is 1. The largest absolute Gasteiger partial charge is 0.314 e. The molecular weight excluding hydrogens is 309 g/mol. The molecule has 0 amide bonds. The van der Waals surface area contributed by atoms with Crippen LogP contribution in [0.1, 0.15) is 17.2 Å². The van der Waals surface area contributed by atoms with Crippen LogP contribution < -0.4 is 5.32 Å². The quantitative estimate of drug-likeness (QED) is 0.677. The van der Waals surface area contributed by atoms with Crippen molar-refractivity contribution >= 4 is 5.69 Å². The summed E-state index contributed by atoms with van der Waals surface area (Å²) in [5.41, 5.74) is 2.15. The Morgan fingerprint density at radius 3 is 2.75 bits per heavy atom. The van der Waals surface area contributed by atoms with Gasteiger partial charge in [0.15, 0.2) is 0 Å². The Hall–Kier alpha value is -2.31. The molecule has 126 valence electrons. The van der Waals surface area contributed by atoms with Crippen molar-refractivity contribution in [3.05, 3.63) is 75.6 Å². The summed E-state index contributed by atoms with van der Waals surface area (Å²) < 4.78 is 13.5. The van der Waals surface area contributed by atoms with Crippen LogP contribution in [-0.4, -0.2) is 36.0 Å². The molecule has 2 aromatic rings. The van der Waals surface area contributed by atoms with Crippen LogP contribution in [0.2, 0.25) is 0 Å². The highest BCUT2D eigenvalue weighted by Crippen LogP contribution is 2.23. The monoisotopic (exact) mass is 329 g/mol. The maximum atomic E-state index is 13.5. The van der Waals surface area contributed by atoms with E-state index < -0.39 is 0 Å². The number of hydrogen-bond acceptors (Lipinski definition) is 4. The minimum Gasteiger partial charge on any atom is -0.314 e. The lowest BCUT2D eigenvalue weighted by molar-refractivity contribution is -0.384. The van der Waals surface area contributed by atoms with E-state index >= 15 is 0 Å². The Bertz CT molecular complexity index is 706. The van der Waals surface area contributed by atoms with Crippen LogP contribution in [0.15, 0.2) is 48.5 Å². The average Bonchev–Trinajstić information content (AvgIpc) is 2.60. The molecule has 1 aliphatic heterocycles. The van der Waals surface area contributed by atoms with Gasteiger partial charge in [0.25, 0.3) is 5.69 Å². The highest BCUT2D eigenvalue weighted by Gasteiger charge is 2.23. The molecular formula is C18H20FN3O2. The first-order chi connectivity index (χ1) is 11.6. The summed E-state index contributed by atoms with van der Waals surface area (Å²) in [5, 5.41) is 14.1. The lowest BCUT2D eigenvalue weighted by atomic mass is 10.0. The van der Waals surface area contributed by atoms with Gasteiger partial charge in [-0.3, -0.25) is 15.0 Å². The van der Waals surface area contributed by atoms with E-state index in [1.165, 1.54) is 18.2 Å². The molecule has 0 aromatic heterocycles. The fourth-order valence-corrected chi connectivity index (χ4v) is 3.11. The lowest BCUT2D eigenvalue weighted by Crippen LogP contribution is -2.46. The maximum absolute atomic E-state index is 13.5. The standard InChI is InChI=1S/C18H20FN3O2/c19-16-3-1-2-15(12-16)18-13-20-9-11-21(18)10-8-14-4-6-17(7-5-14)22(23)24/h1-7,12,18,20H,8-11,13H2. The normalized spacial score (nSPS) is 18.5. The maximum Gasteiger partial charge on any atom is 0.269 e. The summed E-state index contributed by atoms with van der Waals surface area (Å²) >= 11 is 0. The summed E-state index contributed by atoms with van der Waals surface area (Å²) in [6, 6.07) is 13.6. The van der Waals surface area contributed by atoms with Crippen molar-refractivity contribution in [1.29, 1.82) is 0 Å². The molecule has 24 heavy (non-hydrogen) atoms. The molecule has 3 rings (SSSR count). The van der Waals surface area contributed by atoms with Gasteiger partial charge in [0.2, 0.25) is 0 Å². The van der Waals surface area contributed by atoms with E-state index in [0.29, 0.717) is 0 Å².